The summed E-state index contributed by atoms with van der Waals surface area (Å²) >= 11 is 5.03. The van der Waals surface area contributed by atoms with Gasteiger partial charge in [-0.15, -0.1) is 0 Å². The summed E-state index contributed by atoms with van der Waals surface area (Å²) in [6.45, 7) is 2.52. The van der Waals surface area contributed by atoms with E-state index in [1.54, 1.807) is 18.0 Å². The van der Waals surface area contributed by atoms with Crippen LogP contribution < -0.4 is 5.73 Å². The molecule has 3 nitrogen and oxygen atoms in total. The summed E-state index contributed by atoms with van der Waals surface area (Å²) < 4.78 is 1.03. The molecule has 100 valence electrons. The van der Waals surface area contributed by atoms with E-state index in [0.717, 1.165) is 31.1 Å². The smallest absolute Gasteiger partial charge is 0.106 e. The van der Waals surface area contributed by atoms with Crippen LogP contribution >= 0.6 is 27.7 Å². The summed E-state index contributed by atoms with van der Waals surface area (Å²) in [4.78, 5) is 5.44. The lowest BCUT2D eigenvalue weighted by Crippen LogP contribution is -2.01. The number of hydrogen-bond acceptors (Lipinski definition) is 4. The van der Waals surface area contributed by atoms with Crippen molar-refractivity contribution >= 4 is 27.7 Å². The zero-order chi connectivity index (χ0) is 13.8. The minimum absolute atomic E-state index is 0.0102. The molecule has 0 bridgehead atoms. The Labute approximate surface area is 125 Å². The molecule has 0 fully saturated rings. The Morgan fingerprint density at radius 3 is 2.84 bits per heavy atom. The summed E-state index contributed by atoms with van der Waals surface area (Å²) in [5, 5.41) is 10.2. The molecule has 2 aromatic rings. The summed E-state index contributed by atoms with van der Waals surface area (Å²) in [6, 6.07) is 7.79. The Bertz CT molecular complexity index is 590. The van der Waals surface area contributed by atoms with Crippen LogP contribution in [0.3, 0.4) is 0 Å². The van der Waals surface area contributed by atoms with Gasteiger partial charge >= 0.3 is 0 Å². The largest absolute Gasteiger partial charge is 0.392 e. The molecule has 0 unspecified atom stereocenters. The first-order valence-electron chi connectivity index (χ1n) is 5.87. The van der Waals surface area contributed by atoms with Crippen LogP contribution in [-0.4, -0.2) is 10.1 Å². The third kappa shape index (κ3) is 3.36. The highest BCUT2D eigenvalue weighted by atomic mass is 79.9. The molecule has 3 N–H and O–H groups in total. The lowest BCUT2D eigenvalue weighted by Gasteiger charge is -2.13. The third-order valence-corrected chi connectivity index (χ3v) is 4.56. The number of aliphatic hydroxyl groups excluding tert-OH is 1. The molecular formula is C14H15BrN2OS. The number of hydrogen-bond donors (Lipinski definition) is 2. The average Bonchev–Trinajstić information content (AvgIpc) is 2.42. The molecule has 0 radical (unpaired) electrons. The molecule has 1 aromatic heterocycles. The first-order valence-corrected chi connectivity index (χ1v) is 7.48. The van der Waals surface area contributed by atoms with E-state index in [2.05, 4.69) is 27.0 Å². The molecule has 1 heterocycles. The fraction of sp³-hybridized carbons (Fsp3) is 0.214. The fourth-order valence-corrected chi connectivity index (χ4v) is 3.51. The van der Waals surface area contributed by atoms with Gasteiger partial charge in [-0.05, 0) is 36.2 Å². The van der Waals surface area contributed by atoms with Crippen molar-refractivity contribution in [3.8, 4) is 0 Å². The Kier molecular flexibility index (Phi) is 4.99. The molecule has 0 spiro atoms. The minimum Gasteiger partial charge on any atom is -0.392 e. The molecular weight excluding hydrogens is 324 g/mol. The van der Waals surface area contributed by atoms with E-state index in [4.69, 9.17) is 5.73 Å². The van der Waals surface area contributed by atoms with E-state index in [1.807, 2.05) is 25.1 Å². The first-order chi connectivity index (χ1) is 9.15. The predicted octanol–water partition coefficient (Wildman–Crippen LogP) is 3.25. The van der Waals surface area contributed by atoms with Crippen molar-refractivity contribution in [3.63, 3.8) is 0 Å². The number of halogens is 1. The summed E-state index contributed by atoms with van der Waals surface area (Å²) in [5.41, 5.74) is 8.86. The van der Waals surface area contributed by atoms with Crippen LogP contribution in [0, 0.1) is 6.92 Å². The van der Waals surface area contributed by atoms with Crippen molar-refractivity contribution in [2.75, 3.05) is 0 Å². The molecule has 0 aliphatic heterocycles. The van der Waals surface area contributed by atoms with E-state index in [0.29, 0.717) is 6.54 Å². The topological polar surface area (TPSA) is 59.1 Å². The van der Waals surface area contributed by atoms with Gasteiger partial charge in [0, 0.05) is 27.7 Å². The van der Waals surface area contributed by atoms with Crippen molar-refractivity contribution in [1.29, 1.82) is 0 Å². The maximum atomic E-state index is 9.35. The number of pyridine rings is 1. The second-order valence-corrected chi connectivity index (χ2v) is 6.06. The number of aliphatic hydroxyl groups is 1. The van der Waals surface area contributed by atoms with Crippen LogP contribution in [0.15, 0.2) is 44.9 Å². The summed E-state index contributed by atoms with van der Waals surface area (Å²) in [6.07, 6.45) is 1.73. The molecule has 0 saturated heterocycles. The zero-order valence-electron chi connectivity index (χ0n) is 10.6. The summed E-state index contributed by atoms with van der Waals surface area (Å²) in [7, 11) is 0. The van der Waals surface area contributed by atoms with Gasteiger partial charge < -0.3 is 10.8 Å². The minimum atomic E-state index is -0.0102. The van der Waals surface area contributed by atoms with E-state index in [9.17, 15) is 5.11 Å². The lowest BCUT2D eigenvalue weighted by atomic mass is 10.1. The molecule has 2 rings (SSSR count). The van der Waals surface area contributed by atoms with E-state index >= 15 is 0 Å². The monoisotopic (exact) mass is 338 g/mol. The molecule has 0 aliphatic carbocycles. The van der Waals surface area contributed by atoms with Crippen molar-refractivity contribution in [2.24, 2.45) is 5.73 Å². The highest BCUT2D eigenvalue weighted by molar-refractivity contribution is 9.10. The lowest BCUT2D eigenvalue weighted by molar-refractivity contribution is 0.278. The van der Waals surface area contributed by atoms with Gasteiger partial charge in [0.25, 0.3) is 0 Å². The standard InChI is InChI=1S/C14H15BrN2OS/c1-9-5-12(15)6-11(7-16)13(9)19-14-10(8-18)3-2-4-17-14/h2-6,18H,7-8,16H2,1H3. The van der Waals surface area contributed by atoms with Crippen LogP contribution in [0.4, 0.5) is 0 Å². The van der Waals surface area contributed by atoms with Gasteiger partial charge in [0.2, 0.25) is 0 Å². The van der Waals surface area contributed by atoms with Gasteiger partial charge in [0.05, 0.1) is 6.61 Å². The first kappa shape index (κ1) is 14.5. The quantitative estimate of drug-likeness (QED) is 0.898. The van der Waals surface area contributed by atoms with Crippen molar-refractivity contribution < 1.29 is 5.11 Å². The number of aryl methyl sites for hydroxylation is 1. The van der Waals surface area contributed by atoms with Gasteiger partial charge in [-0.25, -0.2) is 4.98 Å². The maximum absolute atomic E-state index is 9.35. The third-order valence-electron chi connectivity index (χ3n) is 2.76. The number of aromatic nitrogens is 1. The van der Waals surface area contributed by atoms with Crippen LogP contribution in [0.1, 0.15) is 16.7 Å². The number of benzene rings is 1. The maximum Gasteiger partial charge on any atom is 0.106 e. The number of rotatable bonds is 4. The summed E-state index contributed by atoms with van der Waals surface area (Å²) in [5.74, 6) is 0. The molecule has 1 aromatic carbocycles. The van der Waals surface area contributed by atoms with Crippen molar-refractivity contribution in [3.05, 3.63) is 51.6 Å². The molecule has 5 heteroatoms. The second-order valence-electron chi connectivity index (χ2n) is 4.14. The van der Waals surface area contributed by atoms with Crippen LogP contribution in [-0.2, 0) is 13.2 Å². The van der Waals surface area contributed by atoms with Gasteiger partial charge in [0.1, 0.15) is 5.03 Å². The normalized spacial score (nSPS) is 10.7. The Balaban J connectivity index is 2.43. The highest BCUT2D eigenvalue weighted by Crippen LogP contribution is 2.35. The van der Waals surface area contributed by atoms with Crippen molar-refractivity contribution in [1.82, 2.24) is 4.98 Å². The van der Waals surface area contributed by atoms with Gasteiger partial charge in [-0.2, -0.15) is 0 Å². The Morgan fingerprint density at radius 1 is 1.37 bits per heavy atom. The van der Waals surface area contributed by atoms with E-state index in [-0.39, 0.29) is 6.61 Å². The van der Waals surface area contributed by atoms with Gasteiger partial charge in [-0.1, -0.05) is 33.8 Å². The molecule has 19 heavy (non-hydrogen) atoms. The van der Waals surface area contributed by atoms with E-state index in [1.165, 1.54) is 0 Å². The molecule has 0 saturated carbocycles. The predicted molar refractivity (Wildman–Crippen MR) is 81.1 cm³/mol. The van der Waals surface area contributed by atoms with Gasteiger partial charge in [-0.3, -0.25) is 0 Å². The number of nitrogens with two attached hydrogens (primary N) is 1. The van der Waals surface area contributed by atoms with Crippen LogP contribution in [0.2, 0.25) is 0 Å². The number of nitrogens with zero attached hydrogens (tertiary/aromatic N) is 1. The van der Waals surface area contributed by atoms with Crippen LogP contribution in [0.5, 0.6) is 0 Å². The fourth-order valence-electron chi connectivity index (χ4n) is 1.83. The SMILES string of the molecule is Cc1cc(Br)cc(CN)c1Sc1ncccc1CO. The van der Waals surface area contributed by atoms with E-state index < -0.39 is 0 Å². The second kappa shape index (κ2) is 6.52. The highest BCUT2D eigenvalue weighted by Gasteiger charge is 2.11. The van der Waals surface area contributed by atoms with Crippen LogP contribution in [0.25, 0.3) is 0 Å². The molecule has 0 atom stereocenters. The Hall–Kier alpha value is -0.880. The van der Waals surface area contributed by atoms with Crippen molar-refractivity contribution in [2.45, 2.75) is 30.0 Å². The van der Waals surface area contributed by atoms with Gasteiger partial charge in [0.15, 0.2) is 0 Å². The molecule has 0 aliphatic rings. The average molecular weight is 339 g/mol. The zero-order valence-corrected chi connectivity index (χ0v) is 13.0. The molecule has 0 amide bonds. The Morgan fingerprint density at radius 2 is 2.16 bits per heavy atom.